The summed E-state index contributed by atoms with van der Waals surface area (Å²) in [6, 6.07) is 31.4. The summed E-state index contributed by atoms with van der Waals surface area (Å²) in [5, 5.41) is 10.7. The normalized spacial score (nSPS) is 12.3. The number of aromatic nitrogens is 2. The van der Waals surface area contributed by atoms with Crippen molar-refractivity contribution in [2.45, 2.75) is 52.4 Å². The van der Waals surface area contributed by atoms with Crippen LogP contribution in [0.4, 0.5) is 0 Å². The zero-order valence-corrected chi connectivity index (χ0v) is 22.0. The predicted molar refractivity (Wildman–Crippen MR) is 151 cm³/mol. The number of fused-ring (bicyclic) bond motifs is 1. The van der Waals surface area contributed by atoms with E-state index in [1.54, 1.807) is 0 Å². The van der Waals surface area contributed by atoms with Crippen LogP contribution in [0.25, 0.3) is 39.2 Å². The Morgan fingerprint density at radius 3 is 2.00 bits per heavy atom. The lowest BCUT2D eigenvalue weighted by Gasteiger charge is -2.23. The van der Waals surface area contributed by atoms with Crippen LogP contribution in [0.1, 0.15) is 52.7 Å². The highest BCUT2D eigenvalue weighted by Crippen LogP contribution is 2.38. The SMILES string of the molecule is CC(C)(C)c1cc(O)cc(-c2nc3ccccc3n2-c2ccc(C(C)(C)C)cc2-c2ccccc2)c1. The van der Waals surface area contributed by atoms with Gasteiger partial charge in [0.05, 0.1) is 16.7 Å². The first-order valence-electron chi connectivity index (χ1n) is 12.5. The number of phenolic OH excluding ortho intramolecular Hbond substituents is 1. The zero-order valence-electron chi connectivity index (χ0n) is 22.0. The molecule has 0 saturated heterocycles. The molecule has 1 heterocycles. The molecule has 3 heteroatoms. The number of aromatic hydroxyl groups is 1. The fourth-order valence-corrected chi connectivity index (χ4v) is 4.68. The largest absolute Gasteiger partial charge is 0.508 e. The molecule has 0 radical (unpaired) electrons. The van der Waals surface area contributed by atoms with Crippen LogP contribution >= 0.6 is 0 Å². The van der Waals surface area contributed by atoms with E-state index >= 15 is 0 Å². The van der Waals surface area contributed by atoms with Crippen molar-refractivity contribution in [3.63, 3.8) is 0 Å². The van der Waals surface area contributed by atoms with Gasteiger partial charge in [-0.25, -0.2) is 4.98 Å². The Kier molecular flexibility index (Phi) is 5.75. The molecule has 0 amide bonds. The molecule has 0 unspecified atom stereocenters. The zero-order chi connectivity index (χ0) is 25.7. The minimum Gasteiger partial charge on any atom is -0.508 e. The van der Waals surface area contributed by atoms with E-state index in [-0.39, 0.29) is 16.6 Å². The molecule has 4 aromatic carbocycles. The van der Waals surface area contributed by atoms with Crippen LogP contribution in [-0.2, 0) is 10.8 Å². The molecule has 0 aliphatic carbocycles. The van der Waals surface area contributed by atoms with Crippen molar-refractivity contribution in [1.82, 2.24) is 9.55 Å². The molecule has 5 rings (SSSR count). The highest BCUT2D eigenvalue weighted by atomic mass is 16.3. The first-order valence-corrected chi connectivity index (χ1v) is 12.5. The van der Waals surface area contributed by atoms with Gasteiger partial charge < -0.3 is 5.11 Å². The maximum atomic E-state index is 10.7. The predicted octanol–water partition coefficient (Wildman–Crippen LogP) is 8.66. The summed E-state index contributed by atoms with van der Waals surface area (Å²) in [4.78, 5) is 5.08. The molecule has 36 heavy (non-hydrogen) atoms. The second-order valence-electron chi connectivity index (χ2n) is 11.6. The Morgan fingerprint density at radius 1 is 0.639 bits per heavy atom. The van der Waals surface area contributed by atoms with E-state index in [0.717, 1.165) is 44.8 Å². The quantitative estimate of drug-likeness (QED) is 0.284. The minimum absolute atomic E-state index is 0.0225. The van der Waals surface area contributed by atoms with Gasteiger partial charge >= 0.3 is 0 Å². The van der Waals surface area contributed by atoms with Gasteiger partial charge in [-0.2, -0.15) is 0 Å². The van der Waals surface area contributed by atoms with Crippen LogP contribution < -0.4 is 0 Å². The summed E-state index contributed by atoms with van der Waals surface area (Å²) in [7, 11) is 0. The highest BCUT2D eigenvalue weighted by molar-refractivity contribution is 5.87. The van der Waals surface area contributed by atoms with Gasteiger partial charge in [-0.15, -0.1) is 0 Å². The number of hydrogen-bond acceptors (Lipinski definition) is 2. The molecule has 0 spiro atoms. The van der Waals surface area contributed by atoms with Crippen LogP contribution in [0.15, 0.2) is 91.0 Å². The average molecular weight is 475 g/mol. The van der Waals surface area contributed by atoms with Gasteiger partial charge in [-0.3, -0.25) is 4.57 Å². The van der Waals surface area contributed by atoms with E-state index in [2.05, 4.69) is 119 Å². The van der Waals surface area contributed by atoms with Gasteiger partial charge in [0.25, 0.3) is 0 Å². The van der Waals surface area contributed by atoms with Crippen LogP contribution in [0.2, 0.25) is 0 Å². The van der Waals surface area contributed by atoms with Crippen molar-refractivity contribution in [3.05, 3.63) is 102 Å². The summed E-state index contributed by atoms with van der Waals surface area (Å²) >= 11 is 0. The molecule has 0 saturated carbocycles. The third-order valence-electron chi connectivity index (χ3n) is 6.79. The lowest BCUT2D eigenvalue weighted by molar-refractivity contribution is 0.471. The van der Waals surface area contributed by atoms with Crippen LogP contribution in [0.5, 0.6) is 5.75 Å². The van der Waals surface area contributed by atoms with E-state index in [0.29, 0.717) is 0 Å². The molecule has 0 bridgehead atoms. The van der Waals surface area contributed by atoms with Crippen molar-refractivity contribution >= 4 is 11.0 Å². The van der Waals surface area contributed by atoms with Crippen LogP contribution in [-0.4, -0.2) is 14.7 Å². The average Bonchev–Trinajstić information content (AvgIpc) is 3.22. The molecule has 182 valence electrons. The van der Waals surface area contributed by atoms with E-state index < -0.39 is 0 Å². The molecule has 0 atom stereocenters. The summed E-state index contributed by atoms with van der Waals surface area (Å²) in [5.74, 6) is 1.07. The summed E-state index contributed by atoms with van der Waals surface area (Å²) in [6.45, 7) is 13.2. The maximum Gasteiger partial charge on any atom is 0.145 e. The molecule has 1 aromatic heterocycles. The van der Waals surface area contributed by atoms with E-state index in [4.69, 9.17) is 4.98 Å². The number of imidazole rings is 1. The third kappa shape index (κ3) is 4.42. The Labute approximate surface area is 214 Å². The molecule has 3 nitrogen and oxygen atoms in total. The Morgan fingerprint density at radius 2 is 1.31 bits per heavy atom. The van der Waals surface area contributed by atoms with Gasteiger partial charge in [0.15, 0.2) is 0 Å². The number of phenols is 1. The third-order valence-corrected chi connectivity index (χ3v) is 6.79. The van der Waals surface area contributed by atoms with Gasteiger partial charge in [0.2, 0.25) is 0 Å². The lowest BCUT2D eigenvalue weighted by atomic mass is 9.85. The molecule has 5 aromatic rings. The first-order chi connectivity index (χ1) is 17.0. The van der Waals surface area contributed by atoms with E-state index in [9.17, 15) is 5.11 Å². The Balaban J connectivity index is 1.85. The molecule has 1 N–H and O–H groups in total. The number of hydrogen-bond donors (Lipinski definition) is 1. The molecule has 0 fully saturated rings. The van der Waals surface area contributed by atoms with Crippen molar-refractivity contribution < 1.29 is 5.11 Å². The van der Waals surface area contributed by atoms with Crippen molar-refractivity contribution in [2.24, 2.45) is 0 Å². The first kappa shape index (κ1) is 23.9. The second-order valence-corrected chi connectivity index (χ2v) is 11.6. The Bertz CT molecular complexity index is 1550. The summed E-state index contributed by atoms with van der Waals surface area (Å²) in [5.41, 5.74) is 8.51. The lowest BCUT2D eigenvalue weighted by Crippen LogP contribution is -2.12. The van der Waals surface area contributed by atoms with E-state index in [1.165, 1.54) is 5.56 Å². The molecular formula is C33H34N2O. The van der Waals surface area contributed by atoms with Gasteiger partial charge in [-0.1, -0.05) is 90.1 Å². The smallest absolute Gasteiger partial charge is 0.145 e. The highest BCUT2D eigenvalue weighted by Gasteiger charge is 2.23. The number of benzene rings is 4. The van der Waals surface area contributed by atoms with Crippen LogP contribution in [0.3, 0.4) is 0 Å². The topological polar surface area (TPSA) is 38.1 Å². The van der Waals surface area contributed by atoms with Crippen LogP contribution in [0, 0.1) is 0 Å². The molecule has 0 aliphatic rings. The van der Waals surface area contributed by atoms with Crippen molar-refractivity contribution in [2.75, 3.05) is 0 Å². The standard InChI is InChI=1S/C33H34N2O/c1-32(2,3)24-16-17-29(27(21-24)22-12-8-7-9-13-22)35-30-15-11-10-14-28(30)34-31(35)23-18-25(33(4,5)6)20-26(36)19-23/h7-21,36H,1-6H3. The van der Waals surface area contributed by atoms with Gasteiger partial charge in [0, 0.05) is 11.1 Å². The fraction of sp³-hybridized carbons (Fsp3) is 0.242. The van der Waals surface area contributed by atoms with Crippen molar-refractivity contribution in [3.8, 4) is 34.0 Å². The van der Waals surface area contributed by atoms with Crippen molar-refractivity contribution in [1.29, 1.82) is 0 Å². The number of para-hydroxylation sites is 2. The number of nitrogens with zero attached hydrogens (tertiary/aromatic N) is 2. The molecule has 0 aliphatic heterocycles. The minimum atomic E-state index is -0.103. The Hall–Kier alpha value is -3.85. The van der Waals surface area contributed by atoms with Gasteiger partial charge in [0.1, 0.15) is 11.6 Å². The fourth-order valence-electron chi connectivity index (χ4n) is 4.68. The maximum absolute atomic E-state index is 10.7. The second kappa shape index (κ2) is 8.67. The van der Waals surface area contributed by atoms with E-state index in [1.807, 2.05) is 18.2 Å². The summed E-state index contributed by atoms with van der Waals surface area (Å²) < 4.78 is 2.24. The monoisotopic (exact) mass is 474 g/mol. The molecular weight excluding hydrogens is 440 g/mol. The van der Waals surface area contributed by atoms with Gasteiger partial charge in [-0.05, 0) is 70.0 Å². The summed E-state index contributed by atoms with van der Waals surface area (Å²) in [6.07, 6.45) is 0. The number of rotatable bonds is 3.